The van der Waals surface area contributed by atoms with E-state index in [9.17, 15) is 5.11 Å². The number of halogens is 1. The maximum atomic E-state index is 10.00. The molecule has 0 radical (unpaired) electrons. The van der Waals surface area contributed by atoms with Crippen LogP contribution in [0.25, 0.3) is 5.70 Å². The summed E-state index contributed by atoms with van der Waals surface area (Å²) in [6.07, 6.45) is 2.03. The van der Waals surface area contributed by atoms with E-state index in [2.05, 4.69) is 26.8 Å². The number of aromatic hydroxyl groups is 1. The van der Waals surface area contributed by atoms with E-state index in [4.69, 9.17) is 4.74 Å². The molecule has 1 aliphatic rings. The van der Waals surface area contributed by atoms with E-state index in [0.717, 1.165) is 27.0 Å². The summed E-state index contributed by atoms with van der Waals surface area (Å²) < 4.78 is 6.30. The summed E-state index contributed by atoms with van der Waals surface area (Å²) in [5.74, 6) is 1.06. The number of benzene rings is 2. The summed E-state index contributed by atoms with van der Waals surface area (Å²) in [4.78, 5) is 0. The van der Waals surface area contributed by atoms with Gasteiger partial charge in [-0.05, 0) is 30.3 Å². The highest BCUT2D eigenvalue weighted by atomic mass is 79.9. The third-order valence-electron chi connectivity index (χ3n) is 3.42. The van der Waals surface area contributed by atoms with Crippen molar-refractivity contribution in [1.82, 2.24) is 10.9 Å². The van der Waals surface area contributed by atoms with Crippen molar-refractivity contribution in [2.45, 2.75) is 6.04 Å². The molecule has 2 aromatic rings. The average Bonchev–Trinajstić information content (AvgIpc) is 2.99. The fraction of sp³-hybridized carbons (Fsp3) is 0.125. The Morgan fingerprint density at radius 3 is 2.81 bits per heavy atom. The largest absolute Gasteiger partial charge is 0.507 e. The molecule has 5 heteroatoms. The second-order valence-corrected chi connectivity index (χ2v) is 5.65. The maximum absolute atomic E-state index is 10.00. The zero-order valence-electron chi connectivity index (χ0n) is 11.4. The summed E-state index contributed by atoms with van der Waals surface area (Å²) in [7, 11) is 1.66. The van der Waals surface area contributed by atoms with Crippen LogP contribution in [-0.2, 0) is 0 Å². The van der Waals surface area contributed by atoms with Crippen LogP contribution in [0.2, 0.25) is 0 Å². The first kappa shape index (κ1) is 14.0. The fourth-order valence-corrected chi connectivity index (χ4v) is 2.74. The van der Waals surface area contributed by atoms with Gasteiger partial charge in [-0.25, -0.2) is 5.43 Å². The molecule has 21 heavy (non-hydrogen) atoms. The van der Waals surface area contributed by atoms with Crippen molar-refractivity contribution < 1.29 is 9.84 Å². The first-order valence-electron chi connectivity index (χ1n) is 6.54. The van der Waals surface area contributed by atoms with Gasteiger partial charge >= 0.3 is 0 Å². The molecule has 3 rings (SSSR count). The molecule has 0 unspecified atom stereocenters. The van der Waals surface area contributed by atoms with Crippen molar-refractivity contribution in [2.75, 3.05) is 7.11 Å². The quantitative estimate of drug-likeness (QED) is 0.797. The Labute approximate surface area is 131 Å². The Morgan fingerprint density at radius 2 is 2.00 bits per heavy atom. The number of para-hydroxylation sites is 1. The minimum Gasteiger partial charge on any atom is -0.507 e. The van der Waals surface area contributed by atoms with Crippen LogP contribution in [0.4, 0.5) is 0 Å². The van der Waals surface area contributed by atoms with Crippen LogP contribution in [0.1, 0.15) is 17.2 Å². The van der Waals surface area contributed by atoms with Gasteiger partial charge < -0.3 is 15.3 Å². The van der Waals surface area contributed by atoms with Crippen LogP contribution in [-0.4, -0.2) is 12.2 Å². The van der Waals surface area contributed by atoms with Crippen molar-refractivity contribution in [2.24, 2.45) is 0 Å². The Hall–Kier alpha value is -1.98. The van der Waals surface area contributed by atoms with Gasteiger partial charge in [0.05, 0.1) is 18.8 Å². The van der Waals surface area contributed by atoms with Crippen LogP contribution in [0.5, 0.6) is 11.5 Å². The molecular formula is C16H15BrN2O2. The van der Waals surface area contributed by atoms with Crippen LogP contribution in [0, 0.1) is 0 Å². The molecule has 0 bridgehead atoms. The summed E-state index contributed by atoms with van der Waals surface area (Å²) in [6.45, 7) is 0. The number of phenols is 1. The Balaban J connectivity index is 1.96. The predicted molar refractivity (Wildman–Crippen MR) is 85.8 cm³/mol. The maximum Gasteiger partial charge on any atom is 0.124 e. The zero-order valence-corrected chi connectivity index (χ0v) is 13.0. The highest BCUT2D eigenvalue weighted by molar-refractivity contribution is 9.10. The van der Waals surface area contributed by atoms with Gasteiger partial charge in [-0.2, -0.15) is 0 Å². The fourth-order valence-electron chi connectivity index (χ4n) is 2.38. The van der Waals surface area contributed by atoms with Gasteiger partial charge in [-0.1, -0.05) is 34.1 Å². The summed E-state index contributed by atoms with van der Waals surface area (Å²) in [5.41, 5.74) is 8.93. The Kier molecular flexibility index (Phi) is 3.86. The standard InChI is InChI=1S/C16H15BrN2O2/c1-21-16-5-3-2-4-11(16)13-9-14(19-18-13)12-8-10(17)6-7-15(12)20/h2-9,13,18-20H,1H3/t13-/m0/s1. The third-order valence-corrected chi connectivity index (χ3v) is 3.91. The van der Waals surface area contributed by atoms with E-state index in [1.165, 1.54) is 0 Å². The van der Waals surface area contributed by atoms with Gasteiger partial charge in [-0.15, -0.1) is 0 Å². The first-order valence-corrected chi connectivity index (χ1v) is 7.33. The predicted octanol–water partition coefficient (Wildman–Crippen LogP) is 3.35. The van der Waals surface area contributed by atoms with Gasteiger partial charge in [0.2, 0.25) is 0 Å². The number of nitrogens with one attached hydrogen (secondary N) is 2. The molecule has 0 saturated carbocycles. The second-order valence-electron chi connectivity index (χ2n) is 4.73. The Morgan fingerprint density at radius 1 is 1.19 bits per heavy atom. The highest BCUT2D eigenvalue weighted by Crippen LogP contribution is 2.33. The van der Waals surface area contributed by atoms with Gasteiger partial charge in [-0.3, -0.25) is 0 Å². The lowest BCUT2D eigenvalue weighted by atomic mass is 10.0. The normalized spacial score (nSPS) is 17.2. The molecule has 108 valence electrons. The van der Waals surface area contributed by atoms with Crippen molar-refractivity contribution >= 4 is 21.6 Å². The molecule has 0 amide bonds. The molecule has 3 N–H and O–H groups in total. The van der Waals surface area contributed by atoms with E-state index in [-0.39, 0.29) is 11.8 Å². The Bertz CT molecular complexity index is 700. The number of hydrogen-bond acceptors (Lipinski definition) is 4. The summed E-state index contributed by atoms with van der Waals surface area (Å²) in [6, 6.07) is 13.2. The van der Waals surface area contributed by atoms with Crippen molar-refractivity contribution in [3.05, 3.63) is 64.1 Å². The van der Waals surface area contributed by atoms with Crippen LogP contribution in [0.15, 0.2) is 53.0 Å². The van der Waals surface area contributed by atoms with E-state index < -0.39 is 0 Å². The van der Waals surface area contributed by atoms with E-state index >= 15 is 0 Å². The lowest BCUT2D eigenvalue weighted by Gasteiger charge is -2.13. The molecule has 0 saturated heterocycles. The van der Waals surface area contributed by atoms with Gasteiger partial charge in [0.1, 0.15) is 11.5 Å². The number of phenolic OH excluding ortho intramolecular Hbond substituents is 1. The zero-order chi connectivity index (χ0) is 14.8. The number of rotatable bonds is 3. The topological polar surface area (TPSA) is 53.5 Å². The summed E-state index contributed by atoms with van der Waals surface area (Å²) >= 11 is 3.42. The molecule has 4 nitrogen and oxygen atoms in total. The first-order chi connectivity index (χ1) is 10.2. The lowest BCUT2D eigenvalue weighted by Crippen LogP contribution is -2.26. The molecule has 0 fully saturated rings. The van der Waals surface area contributed by atoms with Crippen molar-refractivity contribution in [1.29, 1.82) is 0 Å². The van der Waals surface area contributed by atoms with Crippen LogP contribution in [0.3, 0.4) is 0 Å². The van der Waals surface area contributed by atoms with Gasteiger partial charge in [0.15, 0.2) is 0 Å². The molecule has 0 aromatic heterocycles. The third kappa shape index (κ3) is 2.75. The molecule has 1 heterocycles. The van der Waals surface area contributed by atoms with E-state index in [1.54, 1.807) is 19.2 Å². The van der Waals surface area contributed by atoms with Gasteiger partial charge in [0.25, 0.3) is 0 Å². The summed E-state index contributed by atoms with van der Waals surface area (Å²) in [5, 5.41) is 10.00. The molecular weight excluding hydrogens is 332 g/mol. The smallest absolute Gasteiger partial charge is 0.124 e. The van der Waals surface area contributed by atoms with Crippen LogP contribution < -0.4 is 15.6 Å². The molecule has 1 aliphatic heterocycles. The number of hydrazine groups is 1. The number of hydrogen-bond donors (Lipinski definition) is 3. The lowest BCUT2D eigenvalue weighted by molar-refractivity contribution is 0.404. The highest BCUT2D eigenvalue weighted by Gasteiger charge is 2.21. The monoisotopic (exact) mass is 346 g/mol. The van der Waals surface area contributed by atoms with Gasteiger partial charge in [0, 0.05) is 15.6 Å². The molecule has 0 aliphatic carbocycles. The molecule has 0 spiro atoms. The van der Waals surface area contributed by atoms with Crippen molar-refractivity contribution in [3.63, 3.8) is 0 Å². The average molecular weight is 347 g/mol. The number of methoxy groups -OCH3 is 1. The molecule has 2 aromatic carbocycles. The second kappa shape index (κ2) is 5.79. The SMILES string of the molecule is COc1ccccc1[C@@H]1C=C(c2cc(Br)ccc2O)NN1. The minimum atomic E-state index is -0.0190. The van der Waals surface area contributed by atoms with Crippen molar-refractivity contribution in [3.8, 4) is 11.5 Å². The number of ether oxygens (including phenoxy) is 1. The minimum absolute atomic E-state index is 0.0190. The van der Waals surface area contributed by atoms with Crippen LogP contribution >= 0.6 is 15.9 Å². The molecule has 1 atom stereocenters. The van der Waals surface area contributed by atoms with E-state index in [1.807, 2.05) is 36.4 Å². The van der Waals surface area contributed by atoms with E-state index in [0.29, 0.717) is 0 Å².